The van der Waals surface area contributed by atoms with Gasteiger partial charge in [0.05, 0.1) is 24.1 Å². The van der Waals surface area contributed by atoms with Crippen LogP contribution in [-0.2, 0) is 6.54 Å². The smallest absolute Gasteiger partial charge is 0.317 e. The van der Waals surface area contributed by atoms with Gasteiger partial charge in [-0.2, -0.15) is 0 Å². The quantitative estimate of drug-likeness (QED) is 0.896. The summed E-state index contributed by atoms with van der Waals surface area (Å²) in [7, 11) is 0. The highest BCUT2D eigenvalue weighted by molar-refractivity contribution is 5.79. The largest absolute Gasteiger partial charge is 0.340 e. The Bertz CT molecular complexity index is 710. The maximum absolute atomic E-state index is 12.4. The van der Waals surface area contributed by atoms with E-state index in [1.807, 2.05) is 25.1 Å². The predicted octanol–water partition coefficient (Wildman–Crippen LogP) is 1.96. The van der Waals surface area contributed by atoms with E-state index in [4.69, 9.17) is 0 Å². The number of aromatic amines is 1. The lowest BCUT2D eigenvalue weighted by Crippen LogP contribution is -2.52. The molecule has 0 atom stereocenters. The minimum atomic E-state index is -2.33. The van der Waals surface area contributed by atoms with E-state index in [2.05, 4.69) is 15.3 Å². The number of fused-ring (bicyclic) bond motifs is 1. The van der Waals surface area contributed by atoms with Crippen LogP contribution in [0.5, 0.6) is 0 Å². The van der Waals surface area contributed by atoms with Gasteiger partial charge in [0.15, 0.2) is 0 Å². The first-order valence-electron chi connectivity index (χ1n) is 8.00. The summed E-state index contributed by atoms with van der Waals surface area (Å²) in [5, 5.41) is 2.83. The van der Waals surface area contributed by atoms with Crippen LogP contribution < -0.4 is 5.32 Å². The van der Waals surface area contributed by atoms with Gasteiger partial charge in [0.25, 0.3) is 6.43 Å². The molecule has 2 amide bonds. The molecule has 2 N–H and O–H groups in total. The number of aryl methyl sites for hydroxylation is 1. The minimum Gasteiger partial charge on any atom is -0.340 e. The fourth-order valence-corrected chi connectivity index (χ4v) is 2.91. The number of imidazole rings is 1. The van der Waals surface area contributed by atoms with E-state index in [1.54, 1.807) is 9.80 Å². The number of urea groups is 1. The van der Waals surface area contributed by atoms with Crippen molar-refractivity contribution in [2.75, 3.05) is 32.7 Å². The highest BCUT2D eigenvalue weighted by Gasteiger charge is 2.22. The second-order valence-electron chi connectivity index (χ2n) is 5.99. The molecule has 24 heavy (non-hydrogen) atoms. The second kappa shape index (κ2) is 7.12. The van der Waals surface area contributed by atoms with Crippen molar-refractivity contribution in [1.29, 1.82) is 0 Å². The lowest BCUT2D eigenvalue weighted by Gasteiger charge is -2.34. The predicted molar refractivity (Wildman–Crippen MR) is 87.1 cm³/mol. The van der Waals surface area contributed by atoms with Crippen molar-refractivity contribution < 1.29 is 13.6 Å². The van der Waals surface area contributed by atoms with Gasteiger partial charge in [-0.05, 0) is 18.6 Å². The number of alkyl halides is 2. The van der Waals surface area contributed by atoms with Gasteiger partial charge in [-0.15, -0.1) is 0 Å². The van der Waals surface area contributed by atoms with Gasteiger partial charge in [-0.25, -0.2) is 18.6 Å². The summed E-state index contributed by atoms with van der Waals surface area (Å²) in [6, 6.07) is 5.70. The molecule has 2 aromatic rings. The van der Waals surface area contributed by atoms with Crippen LogP contribution in [0.3, 0.4) is 0 Å². The first kappa shape index (κ1) is 16.6. The average Bonchev–Trinajstić information content (AvgIpc) is 2.97. The average molecular weight is 337 g/mol. The van der Waals surface area contributed by atoms with Gasteiger partial charge < -0.3 is 15.2 Å². The Balaban J connectivity index is 1.51. The van der Waals surface area contributed by atoms with E-state index in [1.165, 1.54) is 0 Å². The van der Waals surface area contributed by atoms with E-state index in [9.17, 15) is 13.6 Å². The SMILES string of the molecule is Cc1cccc2[nH]c(CNC(=O)N3CCN(CC(F)F)CC3)nc12. The minimum absolute atomic E-state index is 0.191. The number of rotatable bonds is 4. The molecule has 0 bridgehead atoms. The number of amides is 2. The first-order valence-corrected chi connectivity index (χ1v) is 8.00. The number of carbonyl (C=O) groups excluding carboxylic acids is 1. The highest BCUT2D eigenvalue weighted by atomic mass is 19.3. The molecular weight excluding hydrogens is 316 g/mol. The number of benzene rings is 1. The Labute approximate surface area is 138 Å². The molecule has 0 saturated carbocycles. The Morgan fingerprint density at radius 1 is 1.33 bits per heavy atom. The molecule has 8 heteroatoms. The van der Waals surface area contributed by atoms with Gasteiger partial charge in [-0.3, -0.25) is 4.90 Å². The lowest BCUT2D eigenvalue weighted by atomic mass is 10.2. The van der Waals surface area contributed by atoms with E-state index in [0.29, 0.717) is 38.5 Å². The van der Waals surface area contributed by atoms with Crippen molar-refractivity contribution in [2.45, 2.75) is 19.9 Å². The van der Waals surface area contributed by atoms with Gasteiger partial charge >= 0.3 is 6.03 Å². The summed E-state index contributed by atoms with van der Waals surface area (Å²) in [6.45, 7) is 3.93. The molecule has 1 aliphatic rings. The van der Waals surface area contributed by atoms with Gasteiger partial charge in [-0.1, -0.05) is 12.1 Å². The zero-order valence-corrected chi connectivity index (χ0v) is 13.6. The zero-order chi connectivity index (χ0) is 17.1. The number of para-hydroxylation sites is 1. The molecule has 0 unspecified atom stereocenters. The third-order valence-electron chi connectivity index (χ3n) is 4.23. The third kappa shape index (κ3) is 3.81. The molecule has 1 aromatic heterocycles. The number of halogens is 2. The summed E-state index contributed by atoms with van der Waals surface area (Å²) in [4.78, 5) is 23.2. The van der Waals surface area contributed by atoms with Crippen LogP contribution in [0, 0.1) is 6.92 Å². The molecule has 0 aliphatic carbocycles. The van der Waals surface area contributed by atoms with Crippen molar-refractivity contribution in [3.63, 3.8) is 0 Å². The monoisotopic (exact) mass is 337 g/mol. The molecule has 1 saturated heterocycles. The van der Waals surface area contributed by atoms with Crippen LogP contribution >= 0.6 is 0 Å². The summed E-state index contributed by atoms with van der Waals surface area (Å²) in [5.74, 6) is 0.698. The molecule has 1 aliphatic heterocycles. The van der Waals surface area contributed by atoms with Crippen LogP contribution in [0.15, 0.2) is 18.2 Å². The van der Waals surface area contributed by atoms with Crippen molar-refractivity contribution in [2.24, 2.45) is 0 Å². The normalized spacial score (nSPS) is 16.1. The highest BCUT2D eigenvalue weighted by Crippen LogP contribution is 2.15. The molecule has 3 rings (SSSR count). The first-order chi connectivity index (χ1) is 11.5. The molecule has 2 heterocycles. The molecule has 0 radical (unpaired) electrons. The van der Waals surface area contributed by atoms with Gasteiger partial charge in [0.2, 0.25) is 0 Å². The van der Waals surface area contributed by atoms with E-state index in [-0.39, 0.29) is 12.6 Å². The van der Waals surface area contributed by atoms with Crippen molar-refractivity contribution in [1.82, 2.24) is 25.1 Å². The Kier molecular flexibility index (Phi) is 4.94. The van der Waals surface area contributed by atoms with E-state index >= 15 is 0 Å². The number of piperazine rings is 1. The van der Waals surface area contributed by atoms with Crippen LogP contribution in [0.2, 0.25) is 0 Å². The van der Waals surface area contributed by atoms with Gasteiger partial charge in [0, 0.05) is 26.2 Å². The van der Waals surface area contributed by atoms with Gasteiger partial charge in [0.1, 0.15) is 5.82 Å². The number of carbonyl (C=O) groups is 1. The summed E-state index contributed by atoms with van der Waals surface area (Å²) in [5.41, 5.74) is 2.93. The van der Waals surface area contributed by atoms with Crippen LogP contribution in [0.1, 0.15) is 11.4 Å². The van der Waals surface area contributed by atoms with Crippen LogP contribution in [0.25, 0.3) is 11.0 Å². The maximum atomic E-state index is 12.4. The number of aromatic nitrogens is 2. The van der Waals surface area contributed by atoms with Crippen molar-refractivity contribution in [3.05, 3.63) is 29.6 Å². The van der Waals surface area contributed by atoms with E-state index in [0.717, 1.165) is 16.6 Å². The third-order valence-corrected chi connectivity index (χ3v) is 4.23. The fraction of sp³-hybridized carbons (Fsp3) is 0.500. The zero-order valence-electron chi connectivity index (χ0n) is 13.6. The number of nitrogens with one attached hydrogen (secondary N) is 2. The summed E-state index contributed by atoms with van der Waals surface area (Å²) in [6.07, 6.45) is -2.33. The molecule has 0 spiro atoms. The fourth-order valence-electron chi connectivity index (χ4n) is 2.91. The molecule has 6 nitrogen and oxygen atoms in total. The lowest BCUT2D eigenvalue weighted by molar-refractivity contribution is 0.0636. The number of nitrogens with zero attached hydrogens (tertiary/aromatic N) is 3. The summed E-state index contributed by atoms with van der Waals surface area (Å²) < 4.78 is 24.7. The molecular formula is C16H21F2N5O. The van der Waals surface area contributed by atoms with E-state index < -0.39 is 6.43 Å². The standard InChI is InChI=1S/C16H21F2N5O/c1-11-3-2-4-12-15(11)21-14(20-12)9-19-16(24)23-7-5-22(6-8-23)10-13(17)18/h2-4,13H,5-10H2,1H3,(H,19,24)(H,20,21). The number of hydrogen-bond acceptors (Lipinski definition) is 3. The summed E-state index contributed by atoms with van der Waals surface area (Å²) >= 11 is 0. The maximum Gasteiger partial charge on any atom is 0.317 e. The molecule has 1 aromatic carbocycles. The Hall–Kier alpha value is -2.22. The number of hydrogen-bond donors (Lipinski definition) is 2. The second-order valence-corrected chi connectivity index (χ2v) is 5.99. The van der Waals surface area contributed by atoms with Crippen LogP contribution in [-0.4, -0.2) is 64.9 Å². The topological polar surface area (TPSA) is 64.3 Å². The molecule has 130 valence electrons. The van der Waals surface area contributed by atoms with Crippen LogP contribution in [0.4, 0.5) is 13.6 Å². The molecule has 1 fully saturated rings. The van der Waals surface area contributed by atoms with Crippen molar-refractivity contribution in [3.8, 4) is 0 Å². The van der Waals surface area contributed by atoms with Crippen molar-refractivity contribution >= 4 is 17.1 Å². The Morgan fingerprint density at radius 2 is 2.08 bits per heavy atom. The Morgan fingerprint density at radius 3 is 2.75 bits per heavy atom. The number of H-pyrrole nitrogens is 1.